The van der Waals surface area contributed by atoms with E-state index in [1.165, 1.54) is 52.4 Å². The molecule has 3 heterocycles. The smallest absolute Gasteiger partial charge is 0.335 e. The van der Waals surface area contributed by atoms with Gasteiger partial charge in [0.05, 0.1) is 23.1 Å². The molecule has 1 aliphatic heterocycles. The van der Waals surface area contributed by atoms with Crippen LogP contribution in [0.5, 0.6) is 0 Å². The zero-order chi connectivity index (χ0) is 31.4. The number of tetrazole rings is 1. The van der Waals surface area contributed by atoms with Gasteiger partial charge in [0.25, 0.3) is 5.91 Å². The number of carboxylic acid groups (broad SMARTS) is 1. The lowest BCUT2D eigenvalue weighted by molar-refractivity contribution is -0.135. The molecule has 2 aromatic carbocycles. The monoisotopic (exact) mass is 614 g/mol. The van der Waals surface area contributed by atoms with Crippen LogP contribution >= 0.6 is 11.6 Å². The molecule has 5 rings (SSSR count). The number of rotatable bonds is 8. The third-order valence-corrected chi connectivity index (χ3v) is 7.15. The Balaban J connectivity index is 1.49. The van der Waals surface area contributed by atoms with E-state index in [2.05, 4.69) is 31.1 Å². The third kappa shape index (κ3) is 6.63. The van der Waals surface area contributed by atoms with E-state index < -0.39 is 23.8 Å². The standard InChI is InChI=1S/C30H27ClN8O5/c1-17(2)28(41)35-22-14-23-24(32-15-22)11-12-38(27(23)29(42)34-21-7-3-18(4-8-21)30(43)44)26(40)10-5-19-13-20(31)6-9-25(19)39-16-33-36-37-39/h3-10,13-17,27H,11-12H2,1-2H3,(H,34,42)(H,35,41)(H,43,44). The summed E-state index contributed by atoms with van der Waals surface area (Å²) in [7, 11) is 0. The van der Waals surface area contributed by atoms with Crippen LogP contribution in [0.2, 0.25) is 5.02 Å². The average Bonchev–Trinajstić information content (AvgIpc) is 3.54. The Morgan fingerprint density at radius 2 is 1.82 bits per heavy atom. The van der Waals surface area contributed by atoms with Gasteiger partial charge in [-0.3, -0.25) is 19.4 Å². The molecule has 3 N–H and O–H groups in total. The zero-order valence-electron chi connectivity index (χ0n) is 23.6. The lowest BCUT2D eigenvalue weighted by atomic mass is 9.95. The van der Waals surface area contributed by atoms with Crippen LogP contribution in [-0.2, 0) is 20.8 Å². The second-order valence-electron chi connectivity index (χ2n) is 10.3. The molecule has 1 aliphatic rings. The maximum Gasteiger partial charge on any atom is 0.335 e. The van der Waals surface area contributed by atoms with Crippen molar-refractivity contribution in [2.24, 2.45) is 5.92 Å². The molecule has 0 fully saturated rings. The van der Waals surface area contributed by atoms with E-state index in [4.69, 9.17) is 11.6 Å². The van der Waals surface area contributed by atoms with Crippen molar-refractivity contribution in [3.63, 3.8) is 0 Å². The topological polar surface area (TPSA) is 172 Å². The molecular weight excluding hydrogens is 588 g/mol. The molecule has 1 unspecified atom stereocenters. The van der Waals surface area contributed by atoms with E-state index in [9.17, 15) is 24.3 Å². The Labute approximate surface area is 256 Å². The number of halogens is 1. The Kier molecular flexibility index (Phi) is 8.76. The van der Waals surface area contributed by atoms with Gasteiger partial charge in [-0.1, -0.05) is 25.4 Å². The van der Waals surface area contributed by atoms with Crippen molar-refractivity contribution >= 4 is 52.7 Å². The van der Waals surface area contributed by atoms with Gasteiger partial charge in [-0.15, -0.1) is 5.10 Å². The van der Waals surface area contributed by atoms with Gasteiger partial charge in [-0.25, -0.2) is 4.79 Å². The number of nitrogens with one attached hydrogen (secondary N) is 2. The molecule has 4 aromatic rings. The summed E-state index contributed by atoms with van der Waals surface area (Å²) < 4.78 is 1.43. The molecule has 224 valence electrons. The van der Waals surface area contributed by atoms with Gasteiger partial charge >= 0.3 is 5.97 Å². The molecule has 14 heteroatoms. The summed E-state index contributed by atoms with van der Waals surface area (Å²) in [6, 6.07) is 11.2. The van der Waals surface area contributed by atoms with Gasteiger partial charge in [-0.05, 0) is 65.0 Å². The van der Waals surface area contributed by atoms with Gasteiger partial charge in [0.15, 0.2) is 0 Å². The minimum atomic E-state index is -1.11. The minimum Gasteiger partial charge on any atom is -0.478 e. The second kappa shape index (κ2) is 12.8. The Bertz CT molecular complexity index is 1760. The number of carbonyl (C=O) groups excluding carboxylic acids is 3. The molecule has 2 aromatic heterocycles. The molecule has 3 amide bonds. The fourth-order valence-electron chi connectivity index (χ4n) is 4.66. The van der Waals surface area contributed by atoms with Crippen molar-refractivity contribution in [2.45, 2.75) is 26.3 Å². The van der Waals surface area contributed by atoms with Gasteiger partial charge in [0.2, 0.25) is 11.8 Å². The van der Waals surface area contributed by atoms with Gasteiger partial charge in [0.1, 0.15) is 12.4 Å². The summed E-state index contributed by atoms with van der Waals surface area (Å²) >= 11 is 6.22. The third-order valence-electron chi connectivity index (χ3n) is 6.91. The minimum absolute atomic E-state index is 0.0600. The van der Waals surface area contributed by atoms with Crippen molar-refractivity contribution in [2.75, 3.05) is 17.2 Å². The van der Waals surface area contributed by atoms with Gasteiger partial charge in [0, 0.05) is 52.5 Å². The summed E-state index contributed by atoms with van der Waals surface area (Å²) in [6.07, 6.45) is 6.21. The lowest BCUT2D eigenvalue weighted by Crippen LogP contribution is -2.45. The quantitative estimate of drug-likeness (QED) is 0.250. The first-order valence-electron chi connectivity index (χ1n) is 13.6. The highest BCUT2D eigenvalue weighted by atomic mass is 35.5. The largest absolute Gasteiger partial charge is 0.478 e. The highest BCUT2D eigenvalue weighted by Crippen LogP contribution is 2.32. The fraction of sp³-hybridized carbons (Fsp3) is 0.200. The summed E-state index contributed by atoms with van der Waals surface area (Å²) in [5.41, 5.74) is 3.01. The highest BCUT2D eigenvalue weighted by molar-refractivity contribution is 6.30. The molecule has 0 saturated carbocycles. The van der Waals surface area contributed by atoms with Crippen molar-refractivity contribution in [1.29, 1.82) is 0 Å². The average molecular weight is 615 g/mol. The second-order valence-corrected chi connectivity index (χ2v) is 10.7. The molecule has 0 spiro atoms. The summed E-state index contributed by atoms with van der Waals surface area (Å²) in [5, 5.41) is 26.5. The predicted molar refractivity (Wildman–Crippen MR) is 161 cm³/mol. The number of fused-ring (bicyclic) bond motifs is 1. The molecule has 0 aliphatic carbocycles. The van der Waals surface area contributed by atoms with Crippen molar-refractivity contribution in [3.8, 4) is 5.69 Å². The van der Waals surface area contributed by atoms with Crippen molar-refractivity contribution < 1.29 is 24.3 Å². The molecule has 0 radical (unpaired) electrons. The van der Waals surface area contributed by atoms with Gasteiger partial charge in [-0.2, -0.15) is 4.68 Å². The number of aromatic nitrogens is 5. The number of hydrogen-bond acceptors (Lipinski definition) is 8. The Hall–Kier alpha value is -5.43. The van der Waals surface area contributed by atoms with Crippen LogP contribution in [0.3, 0.4) is 0 Å². The Morgan fingerprint density at radius 1 is 1.05 bits per heavy atom. The predicted octanol–water partition coefficient (Wildman–Crippen LogP) is 3.78. The number of benzene rings is 2. The van der Waals surface area contributed by atoms with E-state index in [0.29, 0.717) is 45.3 Å². The highest BCUT2D eigenvalue weighted by Gasteiger charge is 2.36. The fourth-order valence-corrected chi connectivity index (χ4v) is 4.84. The number of pyridine rings is 1. The number of aromatic carboxylic acids is 1. The van der Waals surface area contributed by atoms with E-state index >= 15 is 0 Å². The van der Waals surface area contributed by atoms with E-state index in [-0.39, 0.29) is 23.9 Å². The SMILES string of the molecule is CC(C)C(=O)Nc1cnc2c(c1)C(C(=O)Nc1ccc(C(=O)O)cc1)N(C(=O)C=Cc1cc(Cl)ccc1-n1cnnn1)CC2. The van der Waals surface area contributed by atoms with Crippen LogP contribution < -0.4 is 10.6 Å². The number of anilines is 2. The van der Waals surface area contributed by atoms with Crippen molar-refractivity contribution in [3.05, 3.63) is 94.5 Å². The van der Waals surface area contributed by atoms with Crippen LogP contribution in [-0.4, -0.2) is 65.4 Å². The van der Waals surface area contributed by atoms with Crippen LogP contribution in [0, 0.1) is 5.92 Å². The zero-order valence-corrected chi connectivity index (χ0v) is 24.4. The van der Waals surface area contributed by atoms with Crippen LogP contribution in [0.15, 0.2) is 67.1 Å². The van der Waals surface area contributed by atoms with Gasteiger partial charge < -0.3 is 20.6 Å². The first kappa shape index (κ1) is 30.0. The maximum absolute atomic E-state index is 13.8. The van der Waals surface area contributed by atoms with Crippen LogP contribution in [0.25, 0.3) is 11.8 Å². The maximum atomic E-state index is 13.8. The van der Waals surface area contributed by atoms with Crippen LogP contribution in [0.1, 0.15) is 47.1 Å². The molecule has 13 nitrogen and oxygen atoms in total. The summed E-state index contributed by atoms with van der Waals surface area (Å²) in [4.78, 5) is 57.1. The van der Waals surface area contributed by atoms with Crippen LogP contribution in [0.4, 0.5) is 11.4 Å². The molecule has 0 bridgehead atoms. The normalized spacial score (nSPS) is 14.4. The number of amides is 3. The number of carbonyl (C=O) groups is 4. The number of nitrogens with zero attached hydrogens (tertiary/aromatic N) is 6. The van der Waals surface area contributed by atoms with E-state index in [1.807, 2.05) is 0 Å². The number of carboxylic acids is 1. The lowest BCUT2D eigenvalue weighted by Gasteiger charge is -2.35. The summed E-state index contributed by atoms with van der Waals surface area (Å²) in [6.45, 7) is 3.70. The Morgan fingerprint density at radius 3 is 2.50 bits per heavy atom. The first-order chi connectivity index (χ1) is 21.1. The number of hydrogen-bond donors (Lipinski definition) is 3. The summed E-state index contributed by atoms with van der Waals surface area (Å²) in [5.74, 6) is -2.61. The molecule has 1 atom stereocenters. The molecular formula is C30H27ClN8O5. The van der Waals surface area contributed by atoms with E-state index in [1.54, 1.807) is 44.2 Å². The van der Waals surface area contributed by atoms with E-state index in [0.717, 1.165) is 0 Å². The molecule has 44 heavy (non-hydrogen) atoms. The molecule has 0 saturated heterocycles. The first-order valence-corrected chi connectivity index (χ1v) is 13.9. The van der Waals surface area contributed by atoms with Crippen molar-refractivity contribution in [1.82, 2.24) is 30.1 Å².